The van der Waals surface area contributed by atoms with E-state index in [9.17, 15) is 0 Å². The molecular weight excluding hydrogens is 93.5 g/mol. The number of carbonyl (C=O) groups excluding carboxylic acids is 1. The summed E-state index contributed by atoms with van der Waals surface area (Å²) in [4.78, 5) is 8.67. The molecule has 0 aliphatic rings. The molecule has 0 atom stereocenters. The standard InChI is InChI=1S/CH3NO2.Cl/c2-1(3)4;/h2H2,(H,3,4);/q;+1/p-1. The zero-order valence-corrected chi connectivity index (χ0v) is 3.03. The molecule has 0 aromatic carbocycles. The van der Waals surface area contributed by atoms with Crippen molar-refractivity contribution in [3.8, 4) is 0 Å². The lowest BCUT2D eigenvalue weighted by atomic mass is 11.3. The Morgan fingerprint density at radius 1 is 1.80 bits per heavy atom. The molecule has 0 bridgehead atoms. The van der Waals surface area contributed by atoms with Crippen molar-refractivity contribution in [1.29, 1.82) is 0 Å². The highest BCUT2D eigenvalue weighted by molar-refractivity contribution is 5.58. The number of halogens is 1. The van der Waals surface area contributed by atoms with Gasteiger partial charge in [0.25, 0.3) is 0 Å². The van der Waals surface area contributed by atoms with E-state index in [4.69, 9.17) is 9.90 Å². The van der Waals surface area contributed by atoms with Crippen LogP contribution in [0.1, 0.15) is 0 Å². The number of primary amides is 1. The maximum Gasteiger partial charge on any atom is 1.00 e. The van der Waals surface area contributed by atoms with E-state index in [-0.39, 0.29) is 12.4 Å². The molecule has 30 valence electrons. The van der Waals surface area contributed by atoms with E-state index in [0.29, 0.717) is 0 Å². The normalized spacial score (nSPS) is 4.80. The fourth-order valence-electron chi connectivity index (χ4n) is 0. The molecule has 4 heteroatoms. The van der Waals surface area contributed by atoms with Crippen LogP contribution >= 0.6 is 0 Å². The highest BCUT2D eigenvalue weighted by Gasteiger charge is 1.44. The lowest BCUT2D eigenvalue weighted by Crippen LogP contribution is -2.29. The second kappa shape index (κ2) is 3.56. The summed E-state index contributed by atoms with van der Waals surface area (Å²) in [6, 6.07) is 0. The van der Waals surface area contributed by atoms with E-state index in [1.54, 1.807) is 0 Å². The lowest BCUT2D eigenvalue weighted by Gasteiger charge is -1.78. The van der Waals surface area contributed by atoms with Crippen molar-refractivity contribution in [3.05, 3.63) is 0 Å². The average Bonchev–Trinajstić information content (AvgIpc) is 0.811. The van der Waals surface area contributed by atoms with Crippen LogP contribution in [0.3, 0.4) is 0 Å². The van der Waals surface area contributed by atoms with E-state index >= 15 is 0 Å². The van der Waals surface area contributed by atoms with Gasteiger partial charge in [-0.2, -0.15) is 0 Å². The van der Waals surface area contributed by atoms with Crippen molar-refractivity contribution in [3.63, 3.8) is 0 Å². The van der Waals surface area contributed by atoms with Gasteiger partial charge in [0.2, 0.25) is 0 Å². The first-order valence-electron chi connectivity index (χ1n) is 0.697. The quantitative estimate of drug-likeness (QED) is 0.389. The second-order valence-corrected chi connectivity index (χ2v) is 0.319. The Hall–Kier alpha value is -0.440. The molecule has 2 N–H and O–H groups in total. The molecule has 0 rings (SSSR count). The maximum atomic E-state index is 8.67. The van der Waals surface area contributed by atoms with E-state index in [0.717, 1.165) is 0 Å². The first-order valence-corrected chi connectivity index (χ1v) is 0.697. The molecule has 0 aliphatic carbocycles. The third-order valence-electron chi connectivity index (χ3n) is 0. The van der Waals surface area contributed by atoms with Gasteiger partial charge in [-0.1, -0.05) is 0 Å². The molecular formula is CH2ClNO2. The summed E-state index contributed by atoms with van der Waals surface area (Å²) < 4.78 is 0. The first-order chi connectivity index (χ1) is 1.73. The van der Waals surface area contributed by atoms with Crippen LogP contribution in [0.5, 0.6) is 0 Å². The van der Waals surface area contributed by atoms with Crippen LogP contribution in [0.2, 0.25) is 0 Å². The summed E-state index contributed by atoms with van der Waals surface area (Å²) >= 11 is 0. The van der Waals surface area contributed by atoms with E-state index in [1.165, 1.54) is 0 Å². The largest absolute Gasteiger partial charge is 1.00 e. The molecule has 0 aliphatic heterocycles. The Morgan fingerprint density at radius 2 is 1.80 bits per heavy atom. The predicted octanol–water partition coefficient (Wildman–Crippen LogP) is -1.71. The zero-order valence-electron chi connectivity index (χ0n) is 2.27. The summed E-state index contributed by atoms with van der Waals surface area (Å²) in [6.45, 7) is 0. The average molecular weight is 95.5 g/mol. The number of hydrogen-bond donors (Lipinski definition) is 1. The van der Waals surface area contributed by atoms with Gasteiger partial charge in [0.05, 0.1) is 0 Å². The van der Waals surface area contributed by atoms with Crippen LogP contribution in [0.4, 0.5) is 4.79 Å². The van der Waals surface area contributed by atoms with E-state index < -0.39 is 6.09 Å². The number of amides is 1. The van der Waals surface area contributed by atoms with Crippen LogP contribution in [-0.2, 0) is 0 Å². The molecule has 0 spiro atoms. The summed E-state index contributed by atoms with van der Waals surface area (Å²) in [7, 11) is 0. The fourth-order valence-corrected chi connectivity index (χ4v) is 0. The van der Waals surface area contributed by atoms with Crippen molar-refractivity contribution in [1.82, 2.24) is 0 Å². The summed E-state index contributed by atoms with van der Waals surface area (Å²) in [5.74, 6) is 0. The summed E-state index contributed by atoms with van der Waals surface area (Å²) in [6.07, 6.45) is -1.58. The Balaban J connectivity index is 0. The highest BCUT2D eigenvalue weighted by Crippen LogP contribution is 1.23. The predicted molar refractivity (Wildman–Crippen MR) is 9.58 cm³/mol. The number of rotatable bonds is 0. The SMILES string of the molecule is NC(=O)[O-].[Cl+]. The van der Waals surface area contributed by atoms with Gasteiger partial charge < -0.3 is 15.6 Å². The van der Waals surface area contributed by atoms with Gasteiger partial charge in [-0.3, -0.25) is 0 Å². The van der Waals surface area contributed by atoms with Gasteiger partial charge in [-0.05, 0) is 0 Å². The first kappa shape index (κ1) is 8.82. The Labute approximate surface area is 35.2 Å². The molecule has 2 radical (unpaired) electrons. The number of nitrogens with two attached hydrogens (primary N) is 1. The molecule has 0 heterocycles. The van der Waals surface area contributed by atoms with Crippen LogP contribution in [0.25, 0.3) is 0 Å². The molecule has 0 aromatic heterocycles. The third kappa shape index (κ3) is 44.8. The Bertz CT molecular complexity index is 32.6. The molecule has 3 nitrogen and oxygen atoms in total. The van der Waals surface area contributed by atoms with Crippen molar-refractivity contribution in [2.75, 3.05) is 0 Å². The molecule has 0 unspecified atom stereocenters. The summed E-state index contributed by atoms with van der Waals surface area (Å²) in [5.41, 5.74) is 3.92. The summed E-state index contributed by atoms with van der Waals surface area (Å²) in [5, 5.41) is 8.67. The number of carbonyl (C=O) groups is 1. The molecule has 1 amide bonds. The van der Waals surface area contributed by atoms with Gasteiger partial charge in [0.15, 0.2) is 0 Å². The van der Waals surface area contributed by atoms with Crippen molar-refractivity contribution >= 4 is 6.09 Å². The van der Waals surface area contributed by atoms with Crippen molar-refractivity contribution < 1.29 is 22.3 Å². The minimum atomic E-state index is -1.58. The van der Waals surface area contributed by atoms with Crippen LogP contribution in [0.15, 0.2) is 0 Å². The molecule has 5 heavy (non-hydrogen) atoms. The van der Waals surface area contributed by atoms with E-state index in [2.05, 4.69) is 5.73 Å². The highest BCUT2D eigenvalue weighted by atomic mass is 35.5. The van der Waals surface area contributed by atoms with Crippen molar-refractivity contribution in [2.24, 2.45) is 5.73 Å². The topological polar surface area (TPSA) is 66.2 Å². The fraction of sp³-hybridized carbons (Fsp3) is 0. The zero-order chi connectivity index (χ0) is 3.58. The van der Waals surface area contributed by atoms with Gasteiger partial charge in [-0.15, -0.1) is 0 Å². The number of hydrogen-bond acceptors (Lipinski definition) is 2. The van der Waals surface area contributed by atoms with Crippen LogP contribution < -0.4 is 10.8 Å². The lowest BCUT2D eigenvalue weighted by molar-refractivity contribution is -0.245. The van der Waals surface area contributed by atoms with Crippen molar-refractivity contribution in [2.45, 2.75) is 0 Å². The molecule has 0 saturated carbocycles. The van der Waals surface area contributed by atoms with Gasteiger partial charge in [-0.25, -0.2) is 0 Å². The molecule has 0 fully saturated rings. The second-order valence-electron chi connectivity index (χ2n) is 0.319. The van der Waals surface area contributed by atoms with Gasteiger partial charge >= 0.3 is 12.4 Å². The Kier molecular flexibility index (Phi) is 6.28. The maximum absolute atomic E-state index is 8.67. The van der Waals surface area contributed by atoms with Crippen LogP contribution in [-0.4, -0.2) is 6.09 Å². The molecule has 0 aromatic rings. The smallest absolute Gasteiger partial charge is 0.530 e. The van der Waals surface area contributed by atoms with Crippen LogP contribution in [0, 0.1) is 12.4 Å². The monoisotopic (exact) mass is 95.0 g/mol. The number of carboxylic acid groups (broad SMARTS) is 1. The van der Waals surface area contributed by atoms with Gasteiger partial charge in [0.1, 0.15) is 6.09 Å². The third-order valence-corrected chi connectivity index (χ3v) is 0. The molecule has 0 saturated heterocycles. The minimum absolute atomic E-state index is 0. The minimum Gasteiger partial charge on any atom is -0.530 e. The Morgan fingerprint density at radius 3 is 1.80 bits per heavy atom. The van der Waals surface area contributed by atoms with E-state index in [1.807, 2.05) is 0 Å². The van der Waals surface area contributed by atoms with Gasteiger partial charge in [0, 0.05) is 0 Å².